The van der Waals surface area contributed by atoms with Crippen LogP contribution in [0.5, 0.6) is 0 Å². The van der Waals surface area contributed by atoms with Crippen LogP contribution in [-0.2, 0) is 9.53 Å². The zero-order valence-electron chi connectivity index (χ0n) is 11.7. The van der Waals surface area contributed by atoms with E-state index in [0.717, 1.165) is 0 Å². The van der Waals surface area contributed by atoms with Crippen molar-refractivity contribution in [1.82, 2.24) is 10.3 Å². The van der Waals surface area contributed by atoms with Crippen LogP contribution in [0.3, 0.4) is 0 Å². The second-order valence-electron chi connectivity index (χ2n) is 4.94. The highest BCUT2D eigenvalue weighted by Crippen LogP contribution is 2.18. The Labute approximate surface area is 118 Å². The molecule has 0 spiro atoms. The summed E-state index contributed by atoms with van der Waals surface area (Å²) in [6.07, 6.45) is 0. The molecule has 1 unspecified atom stereocenters. The average molecular weight is 274 g/mol. The van der Waals surface area contributed by atoms with Crippen molar-refractivity contribution in [2.75, 3.05) is 24.7 Å². The number of aromatic nitrogens is 1. The molecule has 106 valence electrons. The van der Waals surface area contributed by atoms with E-state index in [-0.39, 0.29) is 11.9 Å². The maximum absolute atomic E-state index is 12.2. The molecule has 2 heterocycles. The van der Waals surface area contributed by atoms with E-state index in [0.29, 0.717) is 31.3 Å². The summed E-state index contributed by atoms with van der Waals surface area (Å²) in [6.45, 7) is 5.29. The van der Waals surface area contributed by atoms with E-state index < -0.39 is 6.04 Å². The minimum Gasteiger partial charge on any atom is -0.377 e. The van der Waals surface area contributed by atoms with Crippen molar-refractivity contribution in [2.24, 2.45) is 0 Å². The van der Waals surface area contributed by atoms with E-state index in [1.54, 1.807) is 12.1 Å². The van der Waals surface area contributed by atoms with Crippen molar-refractivity contribution < 1.29 is 9.53 Å². The van der Waals surface area contributed by atoms with E-state index in [1.165, 1.54) is 0 Å². The van der Waals surface area contributed by atoms with Gasteiger partial charge in [0, 0.05) is 12.6 Å². The average Bonchev–Trinajstić information content (AvgIpc) is 2.46. The summed E-state index contributed by atoms with van der Waals surface area (Å²) in [6, 6.07) is 6.90. The summed E-state index contributed by atoms with van der Waals surface area (Å²) in [5.41, 5.74) is 0.344. The first-order valence-electron chi connectivity index (χ1n) is 6.63. The third-order valence-corrected chi connectivity index (χ3v) is 3.01. The van der Waals surface area contributed by atoms with Crippen LogP contribution < -0.4 is 10.2 Å². The molecule has 20 heavy (non-hydrogen) atoms. The molecule has 1 atom stereocenters. The van der Waals surface area contributed by atoms with Crippen LogP contribution >= 0.6 is 0 Å². The standard InChI is InChI=1S/C14H18N4O2/c1-10(2)16-14(19)12-9-20-7-6-18(12)13-5-3-4-11(8-15)17-13/h3-5,10,12H,6-7,9H2,1-2H3,(H,16,19). The van der Waals surface area contributed by atoms with Crippen LogP contribution in [0, 0.1) is 11.3 Å². The zero-order chi connectivity index (χ0) is 14.5. The molecular weight excluding hydrogens is 256 g/mol. The Kier molecular flexibility index (Phi) is 4.53. The van der Waals surface area contributed by atoms with Gasteiger partial charge in [-0.3, -0.25) is 4.79 Å². The van der Waals surface area contributed by atoms with Crippen molar-refractivity contribution in [3.05, 3.63) is 23.9 Å². The predicted molar refractivity (Wildman–Crippen MR) is 74.2 cm³/mol. The molecule has 1 N–H and O–H groups in total. The molecule has 1 aromatic rings. The van der Waals surface area contributed by atoms with Gasteiger partial charge in [0.15, 0.2) is 0 Å². The minimum atomic E-state index is -0.410. The van der Waals surface area contributed by atoms with E-state index >= 15 is 0 Å². The molecule has 1 aliphatic rings. The molecule has 2 rings (SSSR count). The molecule has 0 saturated carbocycles. The lowest BCUT2D eigenvalue weighted by molar-refractivity contribution is -0.125. The molecule has 1 saturated heterocycles. The molecule has 1 fully saturated rings. The first kappa shape index (κ1) is 14.3. The van der Waals surface area contributed by atoms with Crippen molar-refractivity contribution >= 4 is 11.7 Å². The fourth-order valence-electron chi connectivity index (χ4n) is 2.12. The van der Waals surface area contributed by atoms with E-state index in [2.05, 4.69) is 10.3 Å². The molecule has 0 aromatic carbocycles. The van der Waals surface area contributed by atoms with Crippen LogP contribution in [0.15, 0.2) is 18.2 Å². The monoisotopic (exact) mass is 274 g/mol. The maximum atomic E-state index is 12.2. The summed E-state index contributed by atoms with van der Waals surface area (Å²) in [4.78, 5) is 18.4. The Morgan fingerprint density at radius 3 is 3.10 bits per heavy atom. The number of nitrogens with one attached hydrogen (secondary N) is 1. The van der Waals surface area contributed by atoms with Gasteiger partial charge >= 0.3 is 0 Å². The van der Waals surface area contributed by atoms with Gasteiger partial charge in [-0.2, -0.15) is 5.26 Å². The van der Waals surface area contributed by atoms with Crippen molar-refractivity contribution in [3.8, 4) is 6.07 Å². The number of nitrogens with zero attached hydrogens (tertiary/aromatic N) is 3. The van der Waals surface area contributed by atoms with Gasteiger partial charge in [-0.25, -0.2) is 4.98 Å². The number of hydrogen-bond acceptors (Lipinski definition) is 5. The highest BCUT2D eigenvalue weighted by molar-refractivity contribution is 5.85. The smallest absolute Gasteiger partial charge is 0.245 e. The molecular formula is C14H18N4O2. The van der Waals surface area contributed by atoms with Crippen LogP contribution in [0.2, 0.25) is 0 Å². The summed E-state index contributed by atoms with van der Waals surface area (Å²) in [5, 5.41) is 11.8. The zero-order valence-corrected chi connectivity index (χ0v) is 11.7. The van der Waals surface area contributed by atoms with E-state index in [4.69, 9.17) is 10.00 Å². The Morgan fingerprint density at radius 1 is 1.60 bits per heavy atom. The normalized spacial score (nSPS) is 18.7. The third-order valence-electron chi connectivity index (χ3n) is 3.01. The molecule has 1 amide bonds. The van der Waals surface area contributed by atoms with Crippen LogP contribution in [0.25, 0.3) is 0 Å². The Morgan fingerprint density at radius 2 is 2.40 bits per heavy atom. The Bertz CT molecular complexity index is 524. The number of nitriles is 1. The summed E-state index contributed by atoms with van der Waals surface area (Å²) in [5.74, 6) is 0.556. The van der Waals surface area contributed by atoms with Gasteiger partial charge in [-0.15, -0.1) is 0 Å². The van der Waals surface area contributed by atoms with Crippen LogP contribution in [0.4, 0.5) is 5.82 Å². The van der Waals surface area contributed by atoms with Crippen molar-refractivity contribution in [2.45, 2.75) is 25.9 Å². The molecule has 6 heteroatoms. The quantitative estimate of drug-likeness (QED) is 0.877. The number of carbonyl (C=O) groups is 1. The first-order valence-corrected chi connectivity index (χ1v) is 6.63. The number of anilines is 1. The number of pyridine rings is 1. The topological polar surface area (TPSA) is 78.2 Å². The lowest BCUT2D eigenvalue weighted by Crippen LogP contribution is -2.55. The number of carbonyl (C=O) groups excluding carboxylic acids is 1. The Hall–Kier alpha value is -2.13. The van der Waals surface area contributed by atoms with Gasteiger partial charge in [0.2, 0.25) is 5.91 Å². The van der Waals surface area contributed by atoms with Crippen LogP contribution in [-0.4, -0.2) is 42.7 Å². The van der Waals surface area contributed by atoms with Crippen molar-refractivity contribution in [3.63, 3.8) is 0 Å². The molecule has 0 bridgehead atoms. The molecule has 6 nitrogen and oxygen atoms in total. The van der Waals surface area contributed by atoms with Crippen LogP contribution in [0.1, 0.15) is 19.5 Å². The molecule has 0 aliphatic carbocycles. The van der Waals surface area contributed by atoms with Gasteiger partial charge in [-0.05, 0) is 26.0 Å². The molecule has 1 aliphatic heterocycles. The Balaban J connectivity index is 2.22. The van der Waals surface area contributed by atoms with Crippen molar-refractivity contribution in [1.29, 1.82) is 5.26 Å². The second-order valence-corrected chi connectivity index (χ2v) is 4.94. The van der Waals surface area contributed by atoms with Gasteiger partial charge in [0.1, 0.15) is 23.6 Å². The minimum absolute atomic E-state index is 0.0738. The predicted octanol–water partition coefficient (Wildman–Crippen LogP) is 0.683. The first-order chi connectivity index (χ1) is 9.61. The van der Waals surface area contributed by atoms with Gasteiger partial charge in [-0.1, -0.05) is 6.07 Å². The van der Waals surface area contributed by atoms with E-state index in [9.17, 15) is 4.79 Å². The largest absolute Gasteiger partial charge is 0.377 e. The van der Waals surface area contributed by atoms with Gasteiger partial charge < -0.3 is 15.0 Å². The summed E-state index contributed by atoms with van der Waals surface area (Å²) < 4.78 is 5.40. The summed E-state index contributed by atoms with van der Waals surface area (Å²) in [7, 11) is 0. The number of morpholine rings is 1. The number of ether oxygens (including phenoxy) is 1. The lowest BCUT2D eigenvalue weighted by atomic mass is 10.2. The van der Waals surface area contributed by atoms with Gasteiger partial charge in [0.05, 0.1) is 13.2 Å². The highest BCUT2D eigenvalue weighted by Gasteiger charge is 2.30. The molecule has 0 radical (unpaired) electrons. The van der Waals surface area contributed by atoms with E-state index in [1.807, 2.05) is 30.9 Å². The number of hydrogen-bond donors (Lipinski definition) is 1. The number of rotatable bonds is 3. The van der Waals surface area contributed by atoms with Gasteiger partial charge in [0.25, 0.3) is 0 Å². The lowest BCUT2D eigenvalue weighted by Gasteiger charge is -2.35. The summed E-state index contributed by atoms with van der Waals surface area (Å²) >= 11 is 0. The second kappa shape index (κ2) is 6.35. The maximum Gasteiger partial charge on any atom is 0.245 e. The number of amides is 1. The molecule has 1 aromatic heterocycles. The third kappa shape index (κ3) is 3.25. The SMILES string of the molecule is CC(C)NC(=O)C1COCCN1c1cccc(C#N)n1. The fourth-order valence-corrected chi connectivity index (χ4v) is 2.12. The fraction of sp³-hybridized carbons (Fsp3) is 0.500. The highest BCUT2D eigenvalue weighted by atomic mass is 16.5.